The minimum absolute atomic E-state index is 0. The van der Waals surface area contributed by atoms with Crippen LogP contribution in [-0.4, -0.2) is 77.9 Å². The van der Waals surface area contributed by atoms with Crippen LogP contribution >= 0.6 is 11.8 Å². The second kappa shape index (κ2) is 10.6. The number of amides is 2. The normalized spacial score (nSPS) is 26.9. The Morgan fingerprint density at radius 2 is 2.00 bits per heavy atom. The fourth-order valence-corrected chi connectivity index (χ4v) is 3.81. The molecule has 19 heavy (non-hydrogen) atoms. The average molecular weight is 355 g/mol. The number of hydrogen-bond donors (Lipinski definition) is 3. The van der Waals surface area contributed by atoms with Crippen molar-refractivity contribution in [2.45, 2.75) is 43.0 Å². The van der Waals surface area contributed by atoms with E-state index in [0.29, 0.717) is 5.25 Å². The van der Waals surface area contributed by atoms with E-state index < -0.39 is 5.97 Å². The molecule has 2 amide bonds. The molecule has 0 aromatic carbocycles. The fraction of sp³-hybridized carbons (Fsp3) is 0.800. The minimum Gasteiger partial charge on any atom is -1.00 e. The molecule has 0 spiro atoms. The number of rotatable bonds is 5. The summed E-state index contributed by atoms with van der Waals surface area (Å²) in [5.74, 6) is 0.236. The van der Waals surface area contributed by atoms with Crippen LogP contribution in [0.4, 0.5) is 4.79 Å². The van der Waals surface area contributed by atoms with E-state index in [0.717, 1.165) is 25.0 Å². The van der Waals surface area contributed by atoms with Crippen molar-refractivity contribution in [3.05, 3.63) is 0 Å². The number of halogens is 2. The summed E-state index contributed by atoms with van der Waals surface area (Å²) in [7, 11) is 0. The Morgan fingerprint density at radius 1 is 1.32 bits per heavy atom. The van der Waals surface area contributed by atoms with Gasteiger partial charge in [0, 0.05) is 17.4 Å². The maximum atomic E-state index is 11.1. The van der Waals surface area contributed by atoms with Gasteiger partial charge in [-0.05, 0) is 12.8 Å². The number of carboxylic acids is 1. The van der Waals surface area contributed by atoms with Gasteiger partial charge in [0.1, 0.15) is 0 Å². The zero-order valence-corrected chi connectivity index (χ0v) is 14.9. The average Bonchev–Trinajstić information content (AvgIpc) is 2.72. The van der Waals surface area contributed by atoms with Crippen LogP contribution in [-0.2, 0) is 4.79 Å². The molecule has 2 rings (SSSR count). The van der Waals surface area contributed by atoms with Crippen molar-refractivity contribution >= 4 is 61.5 Å². The number of carbonyl (C=O) groups is 2. The van der Waals surface area contributed by atoms with Crippen LogP contribution in [0.2, 0.25) is 0 Å². The number of thioether (sulfide) groups is 1. The van der Waals surface area contributed by atoms with Gasteiger partial charge in [0.05, 0.1) is 12.1 Å². The van der Waals surface area contributed by atoms with Crippen LogP contribution in [0.1, 0.15) is 25.7 Å². The molecular weight excluding hydrogens is 339 g/mol. The van der Waals surface area contributed by atoms with Gasteiger partial charge in [0.2, 0.25) is 0 Å². The van der Waals surface area contributed by atoms with Crippen LogP contribution in [0.25, 0.3) is 0 Å². The quantitative estimate of drug-likeness (QED) is 0.261. The minimum atomic E-state index is -0.729. The van der Waals surface area contributed by atoms with E-state index in [1.165, 1.54) is 0 Å². The number of unbranched alkanes of at least 4 members (excludes halogenated alkanes) is 1. The summed E-state index contributed by atoms with van der Waals surface area (Å²) in [5.41, 5.74) is 0. The molecule has 9 heteroatoms. The van der Waals surface area contributed by atoms with Crippen molar-refractivity contribution in [1.29, 1.82) is 0 Å². The van der Waals surface area contributed by atoms with E-state index in [-0.39, 0.29) is 87.1 Å². The molecule has 5 nitrogen and oxygen atoms in total. The van der Waals surface area contributed by atoms with Gasteiger partial charge in [0.25, 0.3) is 0 Å². The molecule has 2 aliphatic rings. The van der Waals surface area contributed by atoms with Gasteiger partial charge in [-0.3, -0.25) is 4.79 Å². The summed E-state index contributed by atoms with van der Waals surface area (Å²) in [4.78, 5) is 21.5. The zero-order chi connectivity index (χ0) is 11.5. The van der Waals surface area contributed by atoms with Gasteiger partial charge in [-0.1, -0.05) is 6.42 Å². The molecule has 0 saturated carbocycles. The second-order valence-electron chi connectivity index (χ2n) is 4.26. The largest absolute Gasteiger partial charge is 2.00 e. The van der Waals surface area contributed by atoms with Crippen molar-refractivity contribution in [2.24, 2.45) is 0 Å². The van der Waals surface area contributed by atoms with Crippen molar-refractivity contribution in [1.82, 2.24) is 10.6 Å². The summed E-state index contributed by atoms with van der Waals surface area (Å²) >= 11 is 1.87. The van der Waals surface area contributed by atoms with Crippen molar-refractivity contribution in [2.75, 3.05) is 5.75 Å². The van der Waals surface area contributed by atoms with E-state index in [1.807, 2.05) is 11.8 Å². The first kappa shape index (κ1) is 22.2. The van der Waals surface area contributed by atoms with E-state index >= 15 is 0 Å². The molecule has 3 N–H and O–H groups in total. The molecule has 0 aromatic rings. The number of aliphatic carboxylic acids is 1. The Balaban J connectivity index is 0. The van der Waals surface area contributed by atoms with Gasteiger partial charge in [-0.2, -0.15) is 11.8 Å². The molecule has 3 atom stereocenters. The first-order valence-electron chi connectivity index (χ1n) is 5.57. The van der Waals surface area contributed by atoms with Crippen molar-refractivity contribution in [3.63, 3.8) is 0 Å². The van der Waals surface area contributed by atoms with Crippen LogP contribution in [0.5, 0.6) is 0 Å². The second-order valence-corrected chi connectivity index (χ2v) is 5.53. The number of nitrogens with one attached hydrogen (secondary N) is 2. The third-order valence-corrected chi connectivity index (χ3v) is 4.58. The van der Waals surface area contributed by atoms with E-state index in [9.17, 15) is 9.59 Å². The third kappa shape index (κ3) is 6.48. The maximum Gasteiger partial charge on any atom is 2.00 e. The first-order chi connectivity index (χ1) is 7.66. The summed E-state index contributed by atoms with van der Waals surface area (Å²) in [5, 5.41) is 14.8. The summed E-state index contributed by atoms with van der Waals surface area (Å²) in [6, 6.07) is 0.440. The Labute approximate surface area is 159 Å². The monoisotopic (exact) mass is 354 g/mol. The van der Waals surface area contributed by atoms with Crippen molar-refractivity contribution < 1.29 is 39.5 Å². The van der Waals surface area contributed by atoms with Crippen LogP contribution in [0.3, 0.4) is 0 Å². The van der Waals surface area contributed by atoms with E-state index in [4.69, 9.17) is 5.11 Å². The van der Waals surface area contributed by atoms with Gasteiger partial charge in [-0.15, -0.1) is 0 Å². The molecule has 0 aromatic heterocycles. The number of hydrogen-bond acceptors (Lipinski definition) is 3. The molecule has 2 saturated heterocycles. The summed E-state index contributed by atoms with van der Waals surface area (Å²) in [6.07, 6.45) is 2.88. The van der Waals surface area contributed by atoms with Crippen LogP contribution in [0, 0.1) is 0 Å². The number of urea groups is 1. The van der Waals surface area contributed by atoms with Gasteiger partial charge in [0.15, 0.2) is 0 Å². The Kier molecular flexibility index (Phi) is 12.4. The SMILES string of the molecule is O=C(O)CCCC[C@@H]1SC[C@@H]2NC(=O)N[C@@H]21.[Ca+2].[Cl-].[Cl-]. The maximum absolute atomic E-state index is 11.1. The molecule has 106 valence electrons. The first-order valence-corrected chi connectivity index (χ1v) is 6.62. The molecule has 0 bridgehead atoms. The Hall–Kier alpha value is 0.930. The molecule has 0 radical (unpaired) electrons. The van der Waals surface area contributed by atoms with Gasteiger partial charge < -0.3 is 40.6 Å². The molecule has 2 fully saturated rings. The smallest absolute Gasteiger partial charge is 1.00 e. The summed E-state index contributed by atoms with van der Waals surface area (Å²) in [6.45, 7) is 0. The summed E-state index contributed by atoms with van der Waals surface area (Å²) < 4.78 is 0. The zero-order valence-electron chi connectivity index (χ0n) is 10.4. The third-order valence-electron chi connectivity index (χ3n) is 3.07. The van der Waals surface area contributed by atoms with Gasteiger partial charge in [-0.25, -0.2) is 4.79 Å². The predicted molar refractivity (Wildman–Crippen MR) is 67.3 cm³/mol. The Morgan fingerprint density at radius 3 is 2.63 bits per heavy atom. The number of carbonyl (C=O) groups excluding carboxylic acids is 1. The predicted octanol–water partition coefficient (Wildman–Crippen LogP) is -5.58. The number of carboxylic acid groups (broad SMARTS) is 1. The molecular formula is C10H16CaCl2N2O3S. The molecule has 0 aliphatic carbocycles. The Bertz CT molecular complexity index is 312. The molecule has 2 aliphatic heterocycles. The fourth-order valence-electron chi connectivity index (χ4n) is 2.26. The van der Waals surface area contributed by atoms with E-state index in [1.54, 1.807) is 0 Å². The van der Waals surface area contributed by atoms with E-state index in [2.05, 4.69) is 10.6 Å². The van der Waals surface area contributed by atoms with Crippen molar-refractivity contribution in [3.8, 4) is 0 Å². The molecule has 0 unspecified atom stereocenters. The standard InChI is InChI=1S/C10H16N2O3S.Ca.2ClH/c13-8(14)4-2-1-3-7-9-6(5-16-7)11-10(15)12-9;;;/h6-7,9H,1-5H2,(H,13,14)(H2,11,12,15);;2*1H/q;+2;;/p-2/t6-,7-,9-;;;/m0.../s1. The molecule has 2 heterocycles. The topological polar surface area (TPSA) is 78.4 Å². The van der Waals surface area contributed by atoms with Gasteiger partial charge >= 0.3 is 49.7 Å². The van der Waals surface area contributed by atoms with Crippen LogP contribution in [0.15, 0.2) is 0 Å². The number of fused-ring (bicyclic) bond motifs is 1. The van der Waals surface area contributed by atoms with Crippen LogP contribution < -0.4 is 35.4 Å².